The molecule has 0 radical (unpaired) electrons. The number of anilines is 1. The highest BCUT2D eigenvalue weighted by atomic mass is 19.3. The van der Waals surface area contributed by atoms with Crippen LogP contribution in [-0.4, -0.2) is 57.5 Å². The van der Waals surface area contributed by atoms with E-state index in [0.717, 1.165) is 6.21 Å². The highest BCUT2D eigenvalue weighted by molar-refractivity contribution is 6.64. The summed E-state index contributed by atoms with van der Waals surface area (Å²) in [5, 5.41) is 27.2. The molecular weight excluding hydrogens is 469 g/mol. The number of carbonyl (C=O) groups is 3. The zero-order valence-electron chi connectivity index (χ0n) is 19.3. The summed E-state index contributed by atoms with van der Waals surface area (Å²) in [5.41, 5.74) is 9.73. The van der Waals surface area contributed by atoms with Crippen LogP contribution < -0.4 is 16.8 Å². The van der Waals surface area contributed by atoms with Crippen molar-refractivity contribution in [2.24, 2.45) is 11.7 Å². The molecule has 1 aliphatic carbocycles. The van der Waals surface area contributed by atoms with E-state index in [-0.39, 0.29) is 48.6 Å². The molecule has 1 aliphatic rings. The summed E-state index contributed by atoms with van der Waals surface area (Å²) in [6.45, 7) is 2.89. The van der Waals surface area contributed by atoms with Gasteiger partial charge in [-0.2, -0.15) is 4.39 Å². The number of hydrogen-bond donors (Lipinski definition) is 6. The van der Waals surface area contributed by atoms with Crippen LogP contribution in [0.15, 0.2) is 17.8 Å². The van der Waals surface area contributed by atoms with Gasteiger partial charge in [-0.3, -0.25) is 19.7 Å². The maximum absolute atomic E-state index is 13.0. The summed E-state index contributed by atoms with van der Waals surface area (Å²) in [4.78, 5) is 33.6. The van der Waals surface area contributed by atoms with Gasteiger partial charge in [0.1, 0.15) is 17.7 Å². The topological polar surface area (TPSA) is 205 Å². The number of primary amides is 1. The molecule has 0 spiro atoms. The third kappa shape index (κ3) is 8.46. The Hall–Kier alpha value is -3.84. The van der Waals surface area contributed by atoms with E-state index in [1.807, 2.05) is 0 Å². The second kappa shape index (κ2) is 12.6. The van der Waals surface area contributed by atoms with Crippen molar-refractivity contribution >= 4 is 41.4 Å². The van der Waals surface area contributed by atoms with Crippen molar-refractivity contribution in [2.75, 3.05) is 5.73 Å². The molecule has 0 bridgehead atoms. The molecule has 0 aromatic carbocycles. The van der Waals surface area contributed by atoms with Gasteiger partial charge >= 0.3 is 0 Å². The molecule has 1 fully saturated rings. The van der Waals surface area contributed by atoms with Gasteiger partial charge < -0.3 is 32.4 Å². The number of nitrogens with zero attached hydrogens (tertiary/aromatic N) is 2. The fourth-order valence-corrected chi connectivity index (χ4v) is 3.32. The third-order valence-electron chi connectivity index (χ3n) is 5.42. The minimum Gasteiger partial charge on any atom is -0.394 e. The maximum atomic E-state index is 13.0. The number of nitrogens with one attached hydrogen (secondary N) is 4. The zero-order chi connectivity index (χ0) is 26.9. The predicted octanol–water partition coefficient (Wildman–Crippen LogP) is 1.78. The van der Waals surface area contributed by atoms with Crippen LogP contribution in [0, 0.1) is 28.1 Å². The Bertz CT molecular complexity index is 992. The van der Waals surface area contributed by atoms with Crippen molar-refractivity contribution in [3.63, 3.8) is 0 Å². The first kappa shape index (κ1) is 29.2. The second-order valence-electron chi connectivity index (χ2n) is 8.01. The van der Waals surface area contributed by atoms with Crippen LogP contribution in [-0.2, 0) is 14.4 Å². The monoisotopic (exact) mass is 498 g/mol. The number of alkyl halides is 2. The Balaban J connectivity index is 0.000000355. The van der Waals surface area contributed by atoms with Gasteiger partial charge in [-0.05, 0) is 38.7 Å². The second-order valence-corrected chi connectivity index (χ2v) is 8.01. The minimum atomic E-state index is -2.69. The van der Waals surface area contributed by atoms with Gasteiger partial charge in [0.25, 0.3) is 11.9 Å². The molecule has 2 amide bonds. The van der Waals surface area contributed by atoms with Crippen LogP contribution in [0.25, 0.3) is 0 Å². The molecule has 1 heterocycles. The lowest BCUT2D eigenvalue weighted by atomic mass is 9.82. The van der Waals surface area contributed by atoms with Crippen LogP contribution in [0.1, 0.15) is 45.6 Å². The third-order valence-corrected chi connectivity index (χ3v) is 5.42. The van der Waals surface area contributed by atoms with Crippen LogP contribution in [0.2, 0.25) is 0 Å². The molecule has 1 saturated carbocycles. The molecule has 192 valence electrons. The number of aldehydes is 1. The van der Waals surface area contributed by atoms with E-state index in [2.05, 4.69) is 10.4 Å². The van der Waals surface area contributed by atoms with E-state index < -0.39 is 41.5 Å². The van der Waals surface area contributed by atoms with Gasteiger partial charge in [0.15, 0.2) is 0 Å². The number of allylic oxidation sites excluding steroid dienone is 1. The number of carbonyl (C=O) groups excluding carboxylic acids is 3. The van der Waals surface area contributed by atoms with Gasteiger partial charge in [0.05, 0.1) is 24.0 Å². The quantitative estimate of drug-likeness (QED) is 0.171. The van der Waals surface area contributed by atoms with Crippen LogP contribution in [0.5, 0.6) is 0 Å². The predicted molar refractivity (Wildman–Crippen MR) is 123 cm³/mol. The van der Waals surface area contributed by atoms with Gasteiger partial charge in [0, 0.05) is 24.6 Å². The molecule has 14 heteroatoms. The van der Waals surface area contributed by atoms with E-state index in [0.29, 0.717) is 6.29 Å². The highest BCUT2D eigenvalue weighted by Gasteiger charge is 2.38. The molecule has 2 rings (SSSR count). The number of aromatic nitrogens is 2. The van der Waals surface area contributed by atoms with E-state index in [9.17, 15) is 27.6 Å². The van der Waals surface area contributed by atoms with Gasteiger partial charge in [-0.1, -0.05) is 0 Å². The lowest BCUT2D eigenvalue weighted by Gasteiger charge is -2.31. The highest BCUT2D eigenvalue weighted by Crippen LogP contribution is 2.37. The number of amides is 2. The summed E-state index contributed by atoms with van der Waals surface area (Å²) < 4.78 is 40.1. The van der Waals surface area contributed by atoms with Crippen molar-refractivity contribution in [1.82, 2.24) is 15.1 Å². The van der Waals surface area contributed by atoms with Gasteiger partial charge in [0.2, 0.25) is 11.8 Å². The fraction of sp³-hybridized carbons (Fsp3) is 0.476. The first-order valence-corrected chi connectivity index (χ1v) is 10.5. The van der Waals surface area contributed by atoms with Gasteiger partial charge in [-0.15, -0.1) is 5.10 Å². The van der Waals surface area contributed by atoms with E-state index in [1.165, 1.54) is 23.9 Å². The molecule has 8 N–H and O–H groups in total. The summed E-state index contributed by atoms with van der Waals surface area (Å²) in [6, 6.07) is -1.45. The van der Waals surface area contributed by atoms with Crippen molar-refractivity contribution in [1.29, 1.82) is 16.2 Å². The van der Waals surface area contributed by atoms with Crippen molar-refractivity contribution < 1.29 is 27.6 Å². The number of hydrogen-bond acceptors (Lipinski definition) is 8. The van der Waals surface area contributed by atoms with E-state index in [1.54, 1.807) is 6.92 Å². The number of nitrogen functional groups attached to an aromatic ring is 1. The Morgan fingerprint density at radius 3 is 2.29 bits per heavy atom. The Labute approximate surface area is 199 Å². The number of rotatable bonds is 9. The van der Waals surface area contributed by atoms with Crippen molar-refractivity contribution in [3.8, 4) is 0 Å². The number of nitrogens with two attached hydrogens (primary N) is 2. The summed E-state index contributed by atoms with van der Waals surface area (Å²) in [5.74, 6) is -5.33. The largest absolute Gasteiger partial charge is 0.394 e. The summed E-state index contributed by atoms with van der Waals surface area (Å²) in [6.07, 6.45) is 3.68. The zero-order valence-corrected chi connectivity index (χ0v) is 19.3. The van der Waals surface area contributed by atoms with Crippen molar-refractivity contribution in [2.45, 2.75) is 57.5 Å². The first-order chi connectivity index (χ1) is 16.2. The first-order valence-electron chi connectivity index (χ1n) is 10.5. The standard InChI is InChI=1S/C12H17F2N3O2.C9H12FN5O/c1-7(15)10(16)11(19)17-9(6-18)8-2-4-12(13,14)5-3-8;1-5(6(2-3-11)9(13)16)15-4-7(12)8(10)14-15/h6,8-9,15-16H,2-5H2,1H3,(H,17,19);2-5,11H,12H2,1H3,(H2,13,16)/b;6-2-,11-3?/t;5-/m.0/s1. The molecular formula is C21H29F3N8O3. The normalized spacial score (nSPS) is 17.2. The molecule has 0 aliphatic heterocycles. The fourth-order valence-electron chi connectivity index (χ4n) is 3.32. The average molecular weight is 499 g/mol. The Morgan fingerprint density at radius 2 is 1.89 bits per heavy atom. The molecule has 1 aromatic heterocycles. The maximum Gasteiger partial charge on any atom is 0.271 e. The minimum absolute atomic E-state index is 0.106. The SMILES string of the molecule is CC(=N)C(=N)C(=O)NC(C=O)C1CCC(F)(F)CC1.C[C@@H](/C(=C/C=N)C(N)=O)n1cc(N)c(F)n1. The molecule has 0 saturated heterocycles. The number of halogens is 3. The molecule has 1 aromatic rings. The Kier molecular flexibility index (Phi) is 10.5. The molecule has 1 unspecified atom stereocenters. The lowest BCUT2D eigenvalue weighted by Crippen LogP contribution is -2.47. The van der Waals surface area contributed by atoms with E-state index in [4.69, 9.17) is 27.7 Å². The molecule has 2 atom stereocenters. The van der Waals surface area contributed by atoms with Gasteiger partial charge in [-0.25, -0.2) is 8.78 Å². The van der Waals surface area contributed by atoms with Crippen LogP contribution >= 0.6 is 0 Å². The summed E-state index contributed by atoms with van der Waals surface area (Å²) >= 11 is 0. The Morgan fingerprint density at radius 1 is 1.31 bits per heavy atom. The van der Waals surface area contributed by atoms with Crippen molar-refractivity contribution in [3.05, 3.63) is 23.8 Å². The van der Waals surface area contributed by atoms with Crippen LogP contribution in [0.3, 0.4) is 0 Å². The average Bonchev–Trinajstić information content (AvgIpc) is 3.13. The smallest absolute Gasteiger partial charge is 0.271 e. The molecule has 11 nitrogen and oxygen atoms in total. The lowest BCUT2D eigenvalue weighted by molar-refractivity contribution is -0.121. The van der Waals surface area contributed by atoms with E-state index >= 15 is 0 Å². The molecule has 35 heavy (non-hydrogen) atoms. The summed E-state index contributed by atoms with van der Waals surface area (Å²) in [7, 11) is 0. The van der Waals surface area contributed by atoms with Crippen LogP contribution in [0.4, 0.5) is 18.9 Å².